The molecule has 16 heavy (non-hydrogen) atoms. The molecule has 1 aliphatic heterocycles. The van der Waals surface area contributed by atoms with Crippen LogP contribution >= 0.6 is 0 Å². The van der Waals surface area contributed by atoms with Crippen molar-refractivity contribution in [1.82, 2.24) is 10.2 Å². The SMILES string of the molecule is CCCN(CC(=O)O)C1CCCNC(=O)C1. The molecule has 0 aromatic heterocycles. The number of hydrogen-bond donors (Lipinski definition) is 2. The van der Waals surface area contributed by atoms with Crippen molar-refractivity contribution >= 4 is 11.9 Å². The van der Waals surface area contributed by atoms with Crippen molar-refractivity contribution in [3.63, 3.8) is 0 Å². The highest BCUT2D eigenvalue weighted by Gasteiger charge is 2.24. The molecule has 92 valence electrons. The van der Waals surface area contributed by atoms with E-state index in [1.165, 1.54) is 0 Å². The molecule has 0 saturated carbocycles. The van der Waals surface area contributed by atoms with E-state index in [9.17, 15) is 9.59 Å². The predicted octanol–water partition coefficient (Wildman–Crippen LogP) is 0.452. The molecule has 1 atom stereocenters. The number of carboxylic acids is 1. The first-order valence-electron chi connectivity index (χ1n) is 5.86. The van der Waals surface area contributed by atoms with Gasteiger partial charge in [-0.3, -0.25) is 14.5 Å². The summed E-state index contributed by atoms with van der Waals surface area (Å²) in [5.74, 6) is -0.785. The van der Waals surface area contributed by atoms with Crippen LogP contribution in [-0.4, -0.2) is 47.6 Å². The maximum atomic E-state index is 11.4. The second kappa shape index (κ2) is 6.48. The third kappa shape index (κ3) is 4.18. The standard InChI is InChI=1S/C11H20N2O3/c1-2-6-13(8-11(15)16)9-4-3-5-12-10(14)7-9/h9H,2-8H2,1H3,(H,12,14)(H,15,16). The molecule has 0 aromatic carbocycles. The van der Waals surface area contributed by atoms with Crippen LogP contribution in [-0.2, 0) is 9.59 Å². The lowest BCUT2D eigenvalue weighted by atomic mass is 10.1. The zero-order valence-electron chi connectivity index (χ0n) is 9.74. The van der Waals surface area contributed by atoms with Crippen LogP contribution in [0.4, 0.5) is 0 Å². The third-order valence-electron chi connectivity index (χ3n) is 2.82. The van der Waals surface area contributed by atoms with Crippen molar-refractivity contribution in [2.24, 2.45) is 0 Å². The Kier molecular flexibility index (Phi) is 5.25. The Morgan fingerprint density at radius 3 is 3.00 bits per heavy atom. The number of aliphatic carboxylic acids is 1. The molecular weight excluding hydrogens is 208 g/mol. The summed E-state index contributed by atoms with van der Waals surface area (Å²) < 4.78 is 0. The molecule has 0 radical (unpaired) electrons. The van der Waals surface area contributed by atoms with Gasteiger partial charge in [0.15, 0.2) is 0 Å². The van der Waals surface area contributed by atoms with E-state index in [1.54, 1.807) is 0 Å². The molecule has 1 heterocycles. The smallest absolute Gasteiger partial charge is 0.317 e. The van der Waals surface area contributed by atoms with E-state index in [0.29, 0.717) is 13.0 Å². The number of nitrogens with one attached hydrogen (secondary N) is 1. The predicted molar refractivity (Wildman–Crippen MR) is 60.1 cm³/mol. The Balaban J connectivity index is 2.59. The molecule has 1 saturated heterocycles. The molecule has 0 bridgehead atoms. The molecule has 0 spiro atoms. The van der Waals surface area contributed by atoms with Crippen molar-refractivity contribution in [1.29, 1.82) is 0 Å². The van der Waals surface area contributed by atoms with Gasteiger partial charge in [-0.25, -0.2) is 0 Å². The molecule has 0 aliphatic carbocycles. The fourth-order valence-corrected chi connectivity index (χ4v) is 2.12. The second-order valence-corrected chi connectivity index (χ2v) is 4.21. The molecule has 1 amide bonds. The van der Waals surface area contributed by atoms with E-state index >= 15 is 0 Å². The van der Waals surface area contributed by atoms with E-state index in [-0.39, 0.29) is 18.5 Å². The summed E-state index contributed by atoms with van der Waals surface area (Å²) in [6.07, 6.45) is 3.15. The lowest BCUT2D eigenvalue weighted by Crippen LogP contribution is -2.41. The summed E-state index contributed by atoms with van der Waals surface area (Å²) in [5.41, 5.74) is 0. The van der Waals surface area contributed by atoms with Crippen molar-refractivity contribution in [2.75, 3.05) is 19.6 Å². The zero-order valence-corrected chi connectivity index (χ0v) is 9.74. The van der Waals surface area contributed by atoms with Crippen LogP contribution in [0.2, 0.25) is 0 Å². The zero-order chi connectivity index (χ0) is 12.0. The van der Waals surface area contributed by atoms with Gasteiger partial charge in [0, 0.05) is 19.0 Å². The van der Waals surface area contributed by atoms with Gasteiger partial charge in [-0.05, 0) is 25.8 Å². The van der Waals surface area contributed by atoms with Gasteiger partial charge < -0.3 is 10.4 Å². The number of carbonyl (C=O) groups is 2. The van der Waals surface area contributed by atoms with Crippen LogP contribution in [0.15, 0.2) is 0 Å². The molecule has 1 unspecified atom stereocenters. The summed E-state index contributed by atoms with van der Waals surface area (Å²) >= 11 is 0. The molecule has 5 nitrogen and oxygen atoms in total. The highest BCUT2D eigenvalue weighted by Crippen LogP contribution is 2.14. The number of nitrogens with zero attached hydrogens (tertiary/aromatic N) is 1. The molecule has 1 fully saturated rings. The van der Waals surface area contributed by atoms with Gasteiger partial charge in [0.1, 0.15) is 0 Å². The number of carboxylic acid groups (broad SMARTS) is 1. The van der Waals surface area contributed by atoms with Gasteiger partial charge in [0.2, 0.25) is 5.91 Å². The van der Waals surface area contributed by atoms with Crippen LogP contribution in [0.3, 0.4) is 0 Å². The average Bonchev–Trinajstić information content (AvgIpc) is 2.41. The number of carbonyl (C=O) groups excluding carboxylic acids is 1. The molecule has 2 N–H and O–H groups in total. The van der Waals surface area contributed by atoms with E-state index in [1.807, 2.05) is 11.8 Å². The lowest BCUT2D eigenvalue weighted by molar-refractivity contribution is -0.139. The van der Waals surface area contributed by atoms with E-state index in [0.717, 1.165) is 25.8 Å². The molecular formula is C11H20N2O3. The number of hydrogen-bond acceptors (Lipinski definition) is 3. The van der Waals surface area contributed by atoms with E-state index in [4.69, 9.17) is 5.11 Å². The summed E-state index contributed by atoms with van der Waals surface area (Å²) in [7, 11) is 0. The Hall–Kier alpha value is -1.10. The van der Waals surface area contributed by atoms with Crippen LogP contribution in [0.5, 0.6) is 0 Å². The first-order valence-corrected chi connectivity index (χ1v) is 5.86. The first kappa shape index (κ1) is 13.0. The molecule has 0 aromatic rings. The Bertz CT molecular complexity index is 256. The summed E-state index contributed by atoms with van der Waals surface area (Å²) in [4.78, 5) is 24.1. The van der Waals surface area contributed by atoms with Gasteiger partial charge >= 0.3 is 5.97 Å². The summed E-state index contributed by atoms with van der Waals surface area (Å²) in [6.45, 7) is 3.50. The number of amides is 1. The maximum absolute atomic E-state index is 11.4. The Labute approximate surface area is 95.8 Å². The van der Waals surface area contributed by atoms with Crippen LogP contribution in [0, 0.1) is 0 Å². The Morgan fingerprint density at radius 1 is 1.62 bits per heavy atom. The largest absolute Gasteiger partial charge is 0.480 e. The van der Waals surface area contributed by atoms with Gasteiger partial charge in [-0.1, -0.05) is 6.92 Å². The van der Waals surface area contributed by atoms with Crippen molar-refractivity contribution in [2.45, 2.75) is 38.6 Å². The van der Waals surface area contributed by atoms with Crippen LogP contribution in [0.25, 0.3) is 0 Å². The second-order valence-electron chi connectivity index (χ2n) is 4.21. The van der Waals surface area contributed by atoms with Crippen LogP contribution in [0.1, 0.15) is 32.6 Å². The monoisotopic (exact) mass is 228 g/mol. The van der Waals surface area contributed by atoms with Crippen molar-refractivity contribution in [3.8, 4) is 0 Å². The summed E-state index contributed by atoms with van der Waals surface area (Å²) in [6, 6.07) is 0.0820. The number of rotatable bonds is 5. The quantitative estimate of drug-likeness (QED) is 0.717. The highest BCUT2D eigenvalue weighted by atomic mass is 16.4. The molecule has 5 heteroatoms. The minimum Gasteiger partial charge on any atom is -0.480 e. The third-order valence-corrected chi connectivity index (χ3v) is 2.82. The van der Waals surface area contributed by atoms with E-state index < -0.39 is 5.97 Å². The fourth-order valence-electron chi connectivity index (χ4n) is 2.12. The van der Waals surface area contributed by atoms with Crippen LogP contribution < -0.4 is 5.32 Å². The van der Waals surface area contributed by atoms with Gasteiger partial charge in [-0.15, -0.1) is 0 Å². The van der Waals surface area contributed by atoms with Gasteiger partial charge in [-0.2, -0.15) is 0 Å². The van der Waals surface area contributed by atoms with Gasteiger partial charge in [0.25, 0.3) is 0 Å². The summed E-state index contributed by atoms with van der Waals surface area (Å²) in [5, 5.41) is 11.6. The first-order chi connectivity index (χ1) is 7.63. The molecule has 1 rings (SSSR count). The van der Waals surface area contributed by atoms with E-state index in [2.05, 4.69) is 5.32 Å². The van der Waals surface area contributed by atoms with Crippen molar-refractivity contribution in [3.05, 3.63) is 0 Å². The highest BCUT2D eigenvalue weighted by molar-refractivity contribution is 5.77. The van der Waals surface area contributed by atoms with Crippen molar-refractivity contribution < 1.29 is 14.7 Å². The normalized spacial score (nSPS) is 21.6. The average molecular weight is 228 g/mol. The lowest BCUT2D eigenvalue weighted by Gasteiger charge is -2.28. The Morgan fingerprint density at radius 2 is 2.38 bits per heavy atom. The van der Waals surface area contributed by atoms with Gasteiger partial charge in [0.05, 0.1) is 6.54 Å². The topological polar surface area (TPSA) is 69.6 Å². The minimum atomic E-state index is -0.821. The maximum Gasteiger partial charge on any atom is 0.317 e. The molecule has 1 aliphatic rings. The minimum absolute atomic E-state index is 0.0335. The fraction of sp³-hybridized carbons (Fsp3) is 0.818.